The molecule has 1 saturated heterocycles. The van der Waals surface area contributed by atoms with Crippen molar-refractivity contribution < 1.29 is 27.8 Å². The van der Waals surface area contributed by atoms with Gasteiger partial charge in [0.2, 0.25) is 5.54 Å². The van der Waals surface area contributed by atoms with Gasteiger partial charge in [0.05, 0.1) is 25.9 Å². The van der Waals surface area contributed by atoms with Crippen molar-refractivity contribution in [2.45, 2.75) is 37.0 Å². The lowest BCUT2D eigenvalue weighted by Gasteiger charge is -2.44. The number of nitro groups is 2. The molecule has 0 aromatic rings. The first-order valence-electron chi connectivity index (χ1n) is 6.95. The molecule has 0 radical (unpaired) electrons. The van der Waals surface area contributed by atoms with Crippen LogP contribution >= 0.6 is 0 Å². The van der Waals surface area contributed by atoms with Crippen molar-refractivity contribution in [3.8, 4) is 0 Å². The number of nitrogens with zero attached hydrogens (tertiary/aromatic N) is 3. The third-order valence-electron chi connectivity index (χ3n) is 4.20. The minimum atomic E-state index is -4.62. The van der Waals surface area contributed by atoms with Crippen LogP contribution in [0.2, 0.25) is 0 Å². The zero-order valence-electron chi connectivity index (χ0n) is 12.3. The molecule has 0 aromatic carbocycles. The van der Waals surface area contributed by atoms with Crippen molar-refractivity contribution in [3.05, 3.63) is 32.1 Å². The summed E-state index contributed by atoms with van der Waals surface area (Å²) in [5.74, 6) is -0.335. The molecule has 11 heteroatoms. The van der Waals surface area contributed by atoms with Gasteiger partial charge in [0.1, 0.15) is 5.76 Å². The first-order valence-corrected chi connectivity index (χ1v) is 6.95. The largest absolute Gasteiger partial charge is 0.488 e. The van der Waals surface area contributed by atoms with Crippen LogP contribution in [0.15, 0.2) is 11.8 Å². The van der Waals surface area contributed by atoms with Crippen LogP contribution in [-0.2, 0) is 4.74 Å². The molecule has 0 amide bonds. The van der Waals surface area contributed by atoms with E-state index in [2.05, 4.69) is 4.74 Å². The fourth-order valence-corrected chi connectivity index (χ4v) is 3.28. The molecule has 1 heterocycles. The summed E-state index contributed by atoms with van der Waals surface area (Å²) in [6, 6.07) is 0. The maximum atomic E-state index is 12.3. The standard InChI is InChI=1S/C12H16F3N3O5/c1-2-16-6-10(17(19)20)3-9(23-8-12(13,14)15)4-11(5-10,7-16)18(21)22/h3H,2,4-8H2,1H3/t10-,11+/m1/s1. The highest BCUT2D eigenvalue weighted by Crippen LogP contribution is 2.43. The van der Waals surface area contributed by atoms with E-state index in [9.17, 15) is 33.4 Å². The Morgan fingerprint density at radius 2 is 1.96 bits per heavy atom. The number of rotatable bonds is 5. The Balaban J connectivity index is 2.40. The average Bonchev–Trinajstić information content (AvgIpc) is 2.43. The number of halogens is 3. The number of fused-ring (bicyclic) bond motifs is 2. The number of ether oxygens (including phenoxy) is 1. The summed E-state index contributed by atoms with van der Waals surface area (Å²) < 4.78 is 41.5. The van der Waals surface area contributed by atoms with E-state index in [1.807, 2.05) is 0 Å². The molecule has 1 fully saturated rings. The highest BCUT2D eigenvalue weighted by Gasteiger charge is 2.64. The van der Waals surface area contributed by atoms with Gasteiger partial charge >= 0.3 is 6.18 Å². The number of piperidine rings is 1. The summed E-state index contributed by atoms with van der Waals surface area (Å²) in [6.07, 6.45) is -4.34. The van der Waals surface area contributed by atoms with E-state index in [4.69, 9.17) is 0 Å². The van der Waals surface area contributed by atoms with Crippen LogP contribution in [0, 0.1) is 20.2 Å². The minimum Gasteiger partial charge on any atom is -0.488 e. The second kappa shape index (κ2) is 5.62. The van der Waals surface area contributed by atoms with E-state index in [1.165, 1.54) is 0 Å². The fourth-order valence-electron chi connectivity index (χ4n) is 3.28. The lowest BCUT2D eigenvalue weighted by atomic mass is 9.71. The van der Waals surface area contributed by atoms with Crippen LogP contribution in [-0.4, -0.2) is 58.2 Å². The Morgan fingerprint density at radius 1 is 1.30 bits per heavy atom. The molecule has 2 rings (SSSR count). The van der Waals surface area contributed by atoms with Crippen molar-refractivity contribution in [2.24, 2.45) is 0 Å². The molecule has 0 N–H and O–H groups in total. The van der Waals surface area contributed by atoms with Gasteiger partial charge in [0, 0.05) is 15.9 Å². The molecule has 0 aromatic heterocycles. The van der Waals surface area contributed by atoms with Gasteiger partial charge in [-0.3, -0.25) is 25.1 Å². The second-order valence-corrected chi connectivity index (χ2v) is 6.01. The average molecular weight is 339 g/mol. The van der Waals surface area contributed by atoms with Gasteiger partial charge in [0.25, 0.3) is 5.54 Å². The smallest absolute Gasteiger partial charge is 0.422 e. The molecule has 23 heavy (non-hydrogen) atoms. The summed E-state index contributed by atoms with van der Waals surface area (Å²) in [5.41, 5.74) is -3.52. The van der Waals surface area contributed by atoms with Crippen molar-refractivity contribution in [2.75, 3.05) is 26.2 Å². The normalized spacial score (nSPS) is 31.4. The van der Waals surface area contributed by atoms with Crippen molar-refractivity contribution in [3.63, 3.8) is 0 Å². The highest BCUT2D eigenvalue weighted by atomic mass is 19.4. The maximum Gasteiger partial charge on any atom is 0.422 e. The Morgan fingerprint density at radius 3 is 2.43 bits per heavy atom. The molecule has 0 unspecified atom stereocenters. The van der Waals surface area contributed by atoms with Crippen molar-refractivity contribution >= 4 is 0 Å². The molecule has 1 aliphatic carbocycles. The molecule has 0 spiro atoms. The fraction of sp³-hybridized carbons (Fsp3) is 0.833. The third kappa shape index (κ3) is 3.38. The third-order valence-corrected chi connectivity index (χ3v) is 4.20. The first-order chi connectivity index (χ1) is 10.5. The van der Waals surface area contributed by atoms with E-state index >= 15 is 0 Å². The summed E-state index contributed by atoms with van der Waals surface area (Å²) in [4.78, 5) is 23.3. The number of hydrogen-bond acceptors (Lipinski definition) is 6. The Kier molecular flexibility index (Phi) is 4.26. The molecule has 2 bridgehead atoms. The van der Waals surface area contributed by atoms with Gasteiger partial charge in [-0.25, -0.2) is 0 Å². The number of likely N-dealkylation sites (N-methyl/N-ethyl adjacent to an activating group) is 1. The quantitative estimate of drug-likeness (QED) is 0.557. The van der Waals surface area contributed by atoms with Crippen LogP contribution in [0.25, 0.3) is 0 Å². The Bertz CT molecular complexity index is 553. The van der Waals surface area contributed by atoms with Gasteiger partial charge in [-0.2, -0.15) is 13.2 Å². The van der Waals surface area contributed by atoms with Crippen LogP contribution in [0.1, 0.15) is 19.8 Å². The number of likely N-dealkylation sites (tertiary alicyclic amines) is 1. The second-order valence-electron chi connectivity index (χ2n) is 6.01. The Labute approximate surface area is 129 Å². The van der Waals surface area contributed by atoms with E-state index in [-0.39, 0.29) is 31.7 Å². The molecular weight excluding hydrogens is 323 g/mol. The zero-order chi connectivity index (χ0) is 17.5. The zero-order valence-corrected chi connectivity index (χ0v) is 12.3. The highest BCUT2D eigenvalue weighted by molar-refractivity contribution is 5.21. The lowest BCUT2D eigenvalue weighted by Crippen LogP contribution is -2.66. The summed E-state index contributed by atoms with van der Waals surface area (Å²) in [7, 11) is 0. The maximum absolute atomic E-state index is 12.3. The van der Waals surface area contributed by atoms with Crippen LogP contribution in [0.4, 0.5) is 13.2 Å². The molecule has 2 atom stereocenters. The van der Waals surface area contributed by atoms with Gasteiger partial charge in [0.15, 0.2) is 6.61 Å². The SMILES string of the molecule is CCN1C[C@@]2([N+](=O)[O-])C=C(OCC(F)(F)F)C[C@@]([N+](=O)[O-])(C1)C2. The van der Waals surface area contributed by atoms with Gasteiger partial charge < -0.3 is 4.74 Å². The number of alkyl halides is 3. The number of hydrogen-bond donors (Lipinski definition) is 0. The predicted octanol–water partition coefficient (Wildman–Crippen LogP) is 1.61. The van der Waals surface area contributed by atoms with Crippen molar-refractivity contribution in [1.82, 2.24) is 4.90 Å². The summed E-state index contributed by atoms with van der Waals surface area (Å²) >= 11 is 0. The molecular formula is C12H16F3N3O5. The molecule has 2 aliphatic rings. The molecule has 8 nitrogen and oxygen atoms in total. The van der Waals surface area contributed by atoms with E-state index in [0.717, 1.165) is 6.08 Å². The predicted molar refractivity (Wildman–Crippen MR) is 70.9 cm³/mol. The Hall–Kier alpha value is -1.91. The van der Waals surface area contributed by atoms with E-state index < -0.39 is 33.7 Å². The van der Waals surface area contributed by atoms with E-state index in [1.54, 1.807) is 11.8 Å². The van der Waals surface area contributed by atoms with Gasteiger partial charge in [-0.05, 0) is 6.54 Å². The monoisotopic (exact) mass is 339 g/mol. The topological polar surface area (TPSA) is 98.8 Å². The summed E-state index contributed by atoms with van der Waals surface area (Å²) in [6.45, 7) is 0.312. The first kappa shape index (κ1) is 17.4. The van der Waals surface area contributed by atoms with Crippen molar-refractivity contribution in [1.29, 1.82) is 0 Å². The molecule has 0 saturated carbocycles. The minimum absolute atomic E-state index is 0.0567. The van der Waals surface area contributed by atoms with Gasteiger partial charge in [-0.15, -0.1) is 0 Å². The van der Waals surface area contributed by atoms with E-state index in [0.29, 0.717) is 6.54 Å². The van der Waals surface area contributed by atoms with Crippen LogP contribution in [0.5, 0.6) is 0 Å². The molecule has 1 aliphatic heterocycles. The summed E-state index contributed by atoms with van der Waals surface area (Å²) in [5, 5.41) is 23.0. The molecule has 130 valence electrons. The van der Waals surface area contributed by atoms with Gasteiger partial charge in [-0.1, -0.05) is 6.92 Å². The lowest BCUT2D eigenvalue weighted by molar-refractivity contribution is -0.620. The van der Waals surface area contributed by atoms with Crippen LogP contribution < -0.4 is 0 Å². The van der Waals surface area contributed by atoms with Crippen LogP contribution in [0.3, 0.4) is 0 Å².